The van der Waals surface area contributed by atoms with E-state index < -0.39 is 0 Å². The minimum atomic E-state index is -0.362. The smallest absolute Gasteiger partial charge is 0.319 e. The van der Waals surface area contributed by atoms with Gasteiger partial charge in [-0.2, -0.15) is 0 Å². The number of amides is 2. The molecule has 0 aromatic heterocycles. The lowest BCUT2D eigenvalue weighted by Gasteiger charge is -2.13. The van der Waals surface area contributed by atoms with Gasteiger partial charge in [-0.3, -0.25) is 4.79 Å². The standard InChI is InChI=1S/C17H17ClN2O2/c1-11(2)19-17(22)20-15-9-8-13(18)10-14(15)16(21)12-6-4-3-5-7-12/h3-11H,1-2H3,(H2,19,20,22). The lowest BCUT2D eigenvalue weighted by Crippen LogP contribution is -2.34. The van der Waals surface area contributed by atoms with Gasteiger partial charge in [-0.05, 0) is 32.0 Å². The number of carbonyl (C=O) groups is 2. The van der Waals surface area contributed by atoms with Crippen molar-refractivity contribution in [2.24, 2.45) is 0 Å². The highest BCUT2D eigenvalue weighted by molar-refractivity contribution is 6.31. The van der Waals surface area contributed by atoms with Gasteiger partial charge in [0.15, 0.2) is 5.78 Å². The first-order chi connectivity index (χ1) is 10.5. The Morgan fingerprint density at radius 2 is 1.73 bits per heavy atom. The molecule has 5 heteroatoms. The summed E-state index contributed by atoms with van der Waals surface area (Å²) in [6.07, 6.45) is 0. The predicted octanol–water partition coefficient (Wildman–Crippen LogP) is 4.10. The molecule has 0 saturated carbocycles. The SMILES string of the molecule is CC(C)NC(=O)Nc1ccc(Cl)cc1C(=O)c1ccccc1. The molecule has 2 N–H and O–H groups in total. The molecule has 0 fully saturated rings. The Morgan fingerprint density at radius 1 is 1.05 bits per heavy atom. The molecule has 2 aromatic rings. The van der Waals surface area contributed by atoms with Crippen molar-refractivity contribution in [3.63, 3.8) is 0 Å². The second-order valence-electron chi connectivity index (χ2n) is 5.14. The molecule has 0 aliphatic carbocycles. The van der Waals surface area contributed by atoms with Crippen LogP contribution in [0.5, 0.6) is 0 Å². The van der Waals surface area contributed by atoms with Gasteiger partial charge in [0, 0.05) is 22.2 Å². The van der Waals surface area contributed by atoms with Crippen LogP contribution in [0.2, 0.25) is 5.02 Å². The first-order valence-electron chi connectivity index (χ1n) is 6.94. The Hall–Kier alpha value is -2.33. The van der Waals surface area contributed by atoms with Gasteiger partial charge in [-0.1, -0.05) is 41.9 Å². The summed E-state index contributed by atoms with van der Waals surface area (Å²) in [5.41, 5.74) is 1.33. The highest BCUT2D eigenvalue weighted by Gasteiger charge is 2.16. The molecule has 0 radical (unpaired) electrons. The first-order valence-corrected chi connectivity index (χ1v) is 7.32. The maximum Gasteiger partial charge on any atom is 0.319 e. The molecule has 0 spiro atoms. The van der Waals surface area contributed by atoms with Crippen molar-refractivity contribution in [2.75, 3.05) is 5.32 Å². The van der Waals surface area contributed by atoms with Gasteiger partial charge in [0.2, 0.25) is 0 Å². The summed E-state index contributed by atoms with van der Waals surface area (Å²) in [5, 5.41) is 5.85. The lowest BCUT2D eigenvalue weighted by molar-refractivity contribution is 0.103. The monoisotopic (exact) mass is 316 g/mol. The average molecular weight is 317 g/mol. The maximum absolute atomic E-state index is 12.6. The summed E-state index contributed by atoms with van der Waals surface area (Å²) < 4.78 is 0. The Balaban J connectivity index is 2.32. The van der Waals surface area contributed by atoms with E-state index in [1.807, 2.05) is 19.9 Å². The normalized spacial score (nSPS) is 10.4. The largest absolute Gasteiger partial charge is 0.336 e. The zero-order valence-electron chi connectivity index (χ0n) is 12.4. The molecule has 0 unspecified atom stereocenters. The Bertz CT molecular complexity index is 684. The number of hydrogen-bond acceptors (Lipinski definition) is 2. The van der Waals surface area contributed by atoms with Crippen LogP contribution in [0, 0.1) is 0 Å². The van der Waals surface area contributed by atoms with E-state index in [1.165, 1.54) is 0 Å². The van der Waals surface area contributed by atoms with Crippen LogP contribution in [0.4, 0.5) is 10.5 Å². The Kier molecular flexibility index (Phi) is 5.17. The number of ketones is 1. The molecule has 2 aromatic carbocycles. The summed E-state index contributed by atoms with van der Waals surface area (Å²) in [4.78, 5) is 24.4. The molecule has 0 atom stereocenters. The number of nitrogens with one attached hydrogen (secondary N) is 2. The summed E-state index contributed by atoms with van der Waals surface area (Å²) in [7, 11) is 0. The predicted molar refractivity (Wildman–Crippen MR) is 88.6 cm³/mol. The van der Waals surface area contributed by atoms with E-state index in [9.17, 15) is 9.59 Å². The second kappa shape index (κ2) is 7.09. The van der Waals surface area contributed by atoms with E-state index in [0.29, 0.717) is 21.8 Å². The fourth-order valence-electron chi connectivity index (χ4n) is 1.98. The minimum Gasteiger partial charge on any atom is -0.336 e. The van der Waals surface area contributed by atoms with Crippen molar-refractivity contribution in [2.45, 2.75) is 19.9 Å². The molecular weight excluding hydrogens is 300 g/mol. The molecule has 22 heavy (non-hydrogen) atoms. The fourth-order valence-corrected chi connectivity index (χ4v) is 2.15. The van der Waals surface area contributed by atoms with Crippen LogP contribution in [-0.4, -0.2) is 17.9 Å². The molecule has 0 aliphatic rings. The van der Waals surface area contributed by atoms with Gasteiger partial charge < -0.3 is 10.6 Å². The first kappa shape index (κ1) is 16.0. The molecule has 0 bridgehead atoms. The molecule has 2 amide bonds. The van der Waals surface area contributed by atoms with Gasteiger partial charge in [0.05, 0.1) is 5.69 Å². The van der Waals surface area contributed by atoms with E-state index in [-0.39, 0.29) is 17.9 Å². The van der Waals surface area contributed by atoms with Crippen LogP contribution in [0.15, 0.2) is 48.5 Å². The van der Waals surface area contributed by atoms with Gasteiger partial charge in [0.1, 0.15) is 0 Å². The quantitative estimate of drug-likeness (QED) is 0.834. The van der Waals surface area contributed by atoms with Crippen molar-refractivity contribution < 1.29 is 9.59 Å². The van der Waals surface area contributed by atoms with Crippen molar-refractivity contribution in [3.8, 4) is 0 Å². The number of halogens is 1. The molecule has 114 valence electrons. The van der Waals surface area contributed by atoms with Crippen molar-refractivity contribution in [3.05, 3.63) is 64.7 Å². The molecule has 0 heterocycles. The van der Waals surface area contributed by atoms with Crippen LogP contribution in [0.3, 0.4) is 0 Å². The summed E-state index contributed by atoms with van der Waals surface area (Å²) in [5.74, 6) is -0.192. The number of urea groups is 1. The third kappa shape index (κ3) is 4.09. The highest BCUT2D eigenvalue weighted by Crippen LogP contribution is 2.23. The summed E-state index contributed by atoms with van der Waals surface area (Å²) in [6, 6.07) is 13.3. The molecule has 0 aliphatic heterocycles. The number of carbonyl (C=O) groups excluding carboxylic acids is 2. The zero-order chi connectivity index (χ0) is 16.1. The van der Waals surface area contributed by atoms with E-state index >= 15 is 0 Å². The van der Waals surface area contributed by atoms with Gasteiger partial charge in [-0.15, -0.1) is 0 Å². The number of anilines is 1. The van der Waals surface area contributed by atoms with Gasteiger partial charge in [-0.25, -0.2) is 4.79 Å². The minimum absolute atomic E-state index is 0.000532. The number of rotatable bonds is 4. The second-order valence-corrected chi connectivity index (χ2v) is 5.57. The van der Waals surface area contributed by atoms with Crippen molar-refractivity contribution in [1.29, 1.82) is 0 Å². The Morgan fingerprint density at radius 3 is 2.36 bits per heavy atom. The van der Waals surface area contributed by atoms with Crippen LogP contribution >= 0.6 is 11.6 Å². The Labute approximate surface area is 134 Å². The third-order valence-corrected chi connectivity index (χ3v) is 3.17. The highest BCUT2D eigenvalue weighted by atomic mass is 35.5. The van der Waals surface area contributed by atoms with Crippen LogP contribution < -0.4 is 10.6 Å². The number of benzene rings is 2. The van der Waals surface area contributed by atoms with Crippen LogP contribution in [0.1, 0.15) is 29.8 Å². The topological polar surface area (TPSA) is 58.2 Å². The average Bonchev–Trinajstić information content (AvgIpc) is 2.48. The van der Waals surface area contributed by atoms with Crippen molar-refractivity contribution in [1.82, 2.24) is 5.32 Å². The molecule has 2 rings (SSSR count). The van der Waals surface area contributed by atoms with Crippen molar-refractivity contribution >= 4 is 29.1 Å². The fraction of sp³-hybridized carbons (Fsp3) is 0.176. The van der Waals surface area contributed by atoms with E-state index in [1.54, 1.807) is 42.5 Å². The number of hydrogen-bond donors (Lipinski definition) is 2. The third-order valence-electron chi connectivity index (χ3n) is 2.93. The summed E-state index contributed by atoms with van der Waals surface area (Å²) in [6.45, 7) is 3.72. The van der Waals surface area contributed by atoms with E-state index in [2.05, 4.69) is 10.6 Å². The van der Waals surface area contributed by atoms with E-state index in [0.717, 1.165) is 0 Å². The maximum atomic E-state index is 12.6. The molecule has 0 saturated heterocycles. The molecule has 4 nitrogen and oxygen atoms in total. The van der Waals surface area contributed by atoms with Crippen LogP contribution in [-0.2, 0) is 0 Å². The zero-order valence-corrected chi connectivity index (χ0v) is 13.1. The lowest BCUT2D eigenvalue weighted by atomic mass is 10.0. The van der Waals surface area contributed by atoms with Crippen LogP contribution in [0.25, 0.3) is 0 Å². The van der Waals surface area contributed by atoms with E-state index in [4.69, 9.17) is 11.6 Å². The summed E-state index contributed by atoms with van der Waals surface area (Å²) >= 11 is 5.99. The van der Waals surface area contributed by atoms with Gasteiger partial charge in [0.25, 0.3) is 0 Å². The molecular formula is C17H17ClN2O2. The van der Waals surface area contributed by atoms with Gasteiger partial charge >= 0.3 is 6.03 Å².